The van der Waals surface area contributed by atoms with Gasteiger partial charge in [0.2, 0.25) is 0 Å². The minimum absolute atomic E-state index is 0.394. The van der Waals surface area contributed by atoms with Gasteiger partial charge in [-0.05, 0) is 64.5 Å². The first-order chi connectivity index (χ1) is 15.2. The lowest BCUT2D eigenvalue weighted by atomic mass is 9.69. The third-order valence-electron chi connectivity index (χ3n) is 6.79. The van der Waals surface area contributed by atoms with Crippen LogP contribution in [0.25, 0.3) is 21.9 Å². The van der Waals surface area contributed by atoms with Gasteiger partial charge in [-0.2, -0.15) is 0 Å². The Morgan fingerprint density at radius 2 is 1.58 bits per heavy atom. The molecular weight excluding hydrogens is 372 g/mol. The molecule has 0 heterocycles. The summed E-state index contributed by atoms with van der Waals surface area (Å²) in [7, 11) is 0. The number of allylic oxidation sites excluding steroid dienone is 8. The second-order valence-corrected chi connectivity index (χ2v) is 8.94. The third kappa shape index (κ3) is 3.51. The minimum Gasteiger partial charge on any atom is -0.0767 e. The van der Waals surface area contributed by atoms with Gasteiger partial charge >= 0.3 is 0 Å². The van der Waals surface area contributed by atoms with Crippen molar-refractivity contribution in [3.8, 4) is 0 Å². The molecule has 0 saturated carbocycles. The molecule has 2 atom stereocenters. The molecule has 2 aliphatic carbocycles. The van der Waals surface area contributed by atoms with Gasteiger partial charge in [0.1, 0.15) is 0 Å². The summed E-state index contributed by atoms with van der Waals surface area (Å²) in [5.41, 5.74) is 9.93. The topological polar surface area (TPSA) is 0 Å². The second kappa shape index (κ2) is 8.19. The van der Waals surface area contributed by atoms with Crippen molar-refractivity contribution >= 4 is 21.9 Å². The second-order valence-electron chi connectivity index (χ2n) is 8.94. The van der Waals surface area contributed by atoms with E-state index in [0.29, 0.717) is 11.8 Å². The first kappa shape index (κ1) is 19.8. The van der Waals surface area contributed by atoms with E-state index in [1.54, 1.807) is 0 Å². The van der Waals surface area contributed by atoms with Crippen LogP contribution >= 0.6 is 0 Å². The molecule has 5 rings (SSSR count). The van der Waals surface area contributed by atoms with Crippen molar-refractivity contribution in [3.63, 3.8) is 0 Å². The smallest absolute Gasteiger partial charge is 0.0128 e. The Labute approximate surface area is 186 Å². The highest BCUT2D eigenvalue weighted by Gasteiger charge is 2.32. The Balaban J connectivity index is 1.83. The van der Waals surface area contributed by atoms with Gasteiger partial charge in [0, 0.05) is 11.8 Å². The molecule has 31 heavy (non-hydrogen) atoms. The summed E-state index contributed by atoms with van der Waals surface area (Å²) in [5.74, 6) is 0.792. The molecule has 0 N–H and O–H groups in total. The van der Waals surface area contributed by atoms with E-state index in [-0.39, 0.29) is 0 Å². The van der Waals surface area contributed by atoms with Gasteiger partial charge in [0.05, 0.1) is 0 Å². The van der Waals surface area contributed by atoms with Crippen LogP contribution in [0.2, 0.25) is 0 Å². The average Bonchev–Trinajstić information content (AvgIpc) is 2.80. The quantitative estimate of drug-likeness (QED) is 0.410. The van der Waals surface area contributed by atoms with E-state index in [1.165, 1.54) is 49.7 Å². The molecule has 2 aliphatic rings. The summed E-state index contributed by atoms with van der Waals surface area (Å²) >= 11 is 0. The van der Waals surface area contributed by atoms with Crippen LogP contribution in [0.15, 0.2) is 96.6 Å². The normalized spacial score (nSPS) is 20.2. The summed E-state index contributed by atoms with van der Waals surface area (Å²) in [6, 6.07) is 22.5. The average molecular weight is 403 g/mol. The zero-order valence-corrected chi connectivity index (χ0v) is 18.7. The number of aryl methyl sites for hydroxylation is 2. The molecule has 0 aliphatic heterocycles. The van der Waals surface area contributed by atoms with E-state index < -0.39 is 0 Å². The first-order valence-corrected chi connectivity index (χ1v) is 11.5. The Kier molecular flexibility index (Phi) is 5.24. The van der Waals surface area contributed by atoms with Crippen LogP contribution in [-0.2, 0) is 0 Å². The number of benzene rings is 3. The molecule has 0 saturated heterocycles. The van der Waals surface area contributed by atoms with Crippen molar-refractivity contribution in [2.24, 2.45) is 11.8 Å². The standard InChI is InChI=1S/C31H30/c1-4-9-28-29(24-17-14-21(2)15-18-24)20-25-11-6-8-13-27(25)31(28)30-22(3)16-19-23-10-5-7-12-26(23)30/h5-8,10-20,25,27H,4,9H2,1-3H3. The van der Waals surface area contributed by atoms with Crippen LogP contribution in [0.4, 0.5) is 0 Å². The number of hydrogen-bond donors (Lipinski definition) is 0. The molecule has 0 fully saturated rings. The fourth-order valence-electron chi connectivity index (χ4n) is 5.29. The van der Waals surface area contributed by atoms with E-state index in [9.17, 15) is 0 Å². The maximum atomic E-state index is 2.52. The Bertz CT molecular complexity index is 1240. The lowest BCUT2D eigenvalue weighted by Crippen LogP contribution is -2.20. The van der Waals surface area contributed by atoms with Gasteiger partial charge in [-0.15, -0.1) is 0 Å². The fourth-order valence-corrected chi connectivity index (χ4v) is 5.29. The maximum Gasteiger partial charge on any atom is 0.0128 e. The predicted molar refractivity (Wildman–Crippen MR) is 135 cm³/mol. The highest BCUT2D eigenvalue weighted by atomic mass is 14.4. The van der Waals surface area contributed by atoms with Crippen molar-refractivity contribution in [2.75, 3.05) is 0 Å². The zero-order chi connectivity index (χ0) is 21.4. The van der Waals surface area contributed by atoms with Gasteiger partial charge in [0.25, 0.3) is 0 Å². The summed E-state index contributed by atoms with van der Waals surface area (Å²) in [5, 5.41) is 2.70. The molecule has 0 radical (unpaired) electrons. The summed E-state index contributed by atoms with van der Waals surface area (Å²) < 4.78 is 0. The van der Waals surface area contributed by atoms with Crippen LogP contribution in [0.5, 0.6) is 0 Å². The molecule has 0 heteroatoms. The maximum absolute atomic E-state index is 2.52. The van der Waals surface area contributed by atoms with Gasteiger partial charge < -0.3 is 0 Å². The molecule has 0 amide bonds. The van der Waals surface area contributed by atoms with Crippen molar-refractivity contribution in [1.82, 2.24) is 0 Å². The highest BCUT2D eigenvalue weighted by Crippen LogP contribution is 2.49. The fraction of sp³-hybridized carbons (Fsp3) is 0.226. The van der Waals surface area contributed by atoms with Crippen LogP contribution in [0.1, 0.15) is 42.0 Å². The summed E-state index contributed by atoms with van der Waals surface area (Å²) in [6.07, 6.45) is 14.0. The zero-order valence-electron chi connectivity index (χ0n) is 18.7. The number of fused-ring (bicyclic) bond motifs is 2. The van der Waals surface area contributed by atoms with Crippen LogP contribution in [0, 0.1) is 25.7 Å². The van der Waals surface area contributed by atoms with E-state index in [2.05, 4.69) is 112 Å². The van der Waals surface area contributed by atoms with E-state index in [1.807, 2.05) is 0 Å². The number of hydrogen-bond acceptors (Lipinski definition) is 0. The molecular formula is C31H30. The molecule has 0 aromatic heterocycles. The lowest BCUT2D eigenvalue weighted by Gasteiger charge is -2.35. The van der Waals surface area contributed by atoms with Crippen molar-refractivity contribution in [3.05, 3.63) is 119 Å². The van der Waals surface area contributed by atoms with E-state index >= 15 is 0 Å². The monoisotopic (exact) mass is 402 g/mol. The SMILES string of the molecule is CCCC1=C(c2c(C)ccc3ccccc23)C2C=CC=CC2C=C1c1ccc(C)cc1. The summed E-state index contributed by atoms with van der Waals surface area (Å²) in [4.78, 5) is 0. The Hall–Kier alpha value is -3.12. The predicted octanol–water partition coefficient (Wildman–Crippen LogP) is 8.47. The van der Waals surface area contributed by atoms with Crippen LogP contribution in [0.3, 0.4) is 0 Å². The minimum atomic E-state index is 0.394. The third-order valence-corrected chi connectivity index (χ3v) is 6.79. The molecule has 154 valence electrons. The van der Waals surface area contributed by atoms with Crippen molar-refractivity contribution in [1.29, 1.82) is 0 Å². The van der Waals surface area contributed by atoms with E-state index in [0.717, 1.165) is 12.8 Å². The van der Waals surface area contributed by atoms with Crippen molar-refractivity contribution < 1.29 is 0 Å². The Morgan fingerprint density at radius 1 is 0.806 bits per heavy atom. The van der Waals surface area contributed by atoms with Gasteiger partial charge in [0.15, 0.2) is 0 Å². The number of rotatable bonds is 4. The molecule has 0 spiro atoms. The molecule has 2 unspecified atom stereocenters. The molecule has 3 aromatic carbocycles. The lowest BCUT2D eigenvalue weighted by molar-refractivity contribution is 0.670. The first-order valence-electron chi connectivity index (χ1n) is 11.5. The largest absolute Gasteiger partial charge is 0.0767 e. The van der Waals surface area contributed by atoms with Gasteiger partial charge in [-0.1, -0.05) is 110 Å². The molecule has 3 aromatic rings. The van der Waals surface area contributed by atoms with Crippen molar-refractivity contribution in [2.45, 2.75) is 33.6 Å². The Morgan fingerprint density at radius 3 is 2.39 bits per heavy atom. The summed E-state index contributed by atoms with van der Waals surface area (Å²) in [6.45, 7) is 6.74. The van der Waals surface area contributed by atoms with Gasteiger partial charge in [-0.25, -0.2) is 0 Å². The van der Waals surface area contributed by atoms with Crippen LogP contribution < -0.4 is 0 Å². The molecule has 0 nitrogen and oxygen atoms in total. The molecule has 0 bridgehead atoms. The van der Waals surface area contributed by atoms with Crippen LogP contribution in [-0.4, -0.2) is 0 Å². The van der Waals surface area contributed by atoms with E-state index in [4.69, 9.17) is 0 Å². The highest BCUT2D eigenvalue weighted by molar-refractivity contribution is 6.02. The van der Waals surface area contributed by atoms with Gasteiger partial charge in [-0.3, -0.25) is 0 Å².